The molecule has 0 aliphatic rings. The Hall–Kier alpha value is -3.33. The van der Waals surface area contributed by atoms with E-state index < -0.39 is 10.0 Å². The van der Waals surface area contributed by atoms with Crippen LogP contribution < -0.4 is 5.32 Å². The first-order valence-electron chi connectivity index (χ1n) is 11.7. The highest BCUT2D eigenvalue weighted by atomic mass is 32.2. The van der Waals surface area contributed by atoms with E-state index in [2.05, 4.69) is 43.2 Å². The third kappa shape index (κ3) is 5.56. The minimum atomic E-state index is -3.70. The molecule has 1 amide bonds. The van der Waals surface area contributed by atoms with E-state index in [0.717, 1.165) is 27.9 Å². The van der Waals surface area contributed by atoms with E-state index >= 15 is 0 Å². The quantitative estimate of drug-likeness (QED) is 0.301. The van der Waals surface area contributed by atoms with Crippen LogP contribution in [0.25, 0.3) is 11.3 Å². The van der Waals surface area contributed by atoms with E-state index in [0.29, 0.717) is 17.2 Å². The van der Waals surface area contributed by atoms with Crippen molar-refractivity contribution in [2.24, 2.45) is 0 Å². The van der Waals surface area contributed by atoms with Crippen molar-refractivity contribution in [2.45, 2.75) is 39.1 Å². The highest BCUT2D eigenvalue weighted by Crippen LogP contribution is 2.31. The molecule has 0 bridgehead atoms. The third-order valence-electron chi connectivity index (χ3n) is 5.97. The topological polar surface area (TPSA) is 79.4 Å². The summed E-state index contributed by atoms with van der Waals surface area (Å²) in [6.45, 7) is 8.62. The van der Waals surface area contributed by atoms with Crippen LogP contribution in [0, 0.1) is 20.8 Å². The molecule has 4 aromatic rings. The summed E-state index contributed by atoms with van der Waals surface area (Å²) in [5.74, 6) is -0.339. The molecule has 1 heterocycles. The van der Waals surface area contributed by atoms with E-state index in [1.165, 1.54) is 45.5 Å². The second-order valence-corrected chi connectivity index (χ2v) is 11.5. The summed E-state index contributed by atoms with van der Waals surface area (Å²) in [4.78, 5) is 17.6. The number of aryl methyl sites for hydroxylation is 3. The molecule has 1 aromatic heterocycles. The summed E-state index contributed by atoms with van der Waals surface area (Å²) in [6.07, 6.45) is 0. The molecule has 6 nitrogen and oxygen atoms in total. The van der Waals surface area contributed by atoms with Gasteiger partial charge in [-0.05, 0) is 61.7 Å². The predicted molar refractivity (Wildman–Crippen MR) is 146 cm³/mol. The second kappa shape index (κ2) is 10.7. The zero-order chi connectivity index (χ0) is 25.9. The summed E-state index contributed by atoms with van der Waals surface area (Å²) in [5.41, 5.74) is 6.65. The number of hydrogen-bond acceptors (Lipinski definition) is 5. The fourth-order valence-electron chi connectivity index (χ4n) is 4.28. The minimum Gasteiger partial charge on any atom is -0.298 e. The SMILES string of the molecule is CCN(Cc1ccccc1)S(=O)(=O)c1ccc(C(=O)Nc2nc(-c3c(C)cc(C)cc3C)cs2)cc1. The first-order valence-corrected chi connectivity index (χ1v) is 14.0. The number of nitrogens with one attached hydrogen (secondary N) is 1. The highest BCUT2D eigenvalue weighted by Gasteiger charge is 2.23. The summed E-state index contributed by atoms with van der Waals surface area (Å²) < 4.78 is 27.8. The molecule has 0 aliphatic carbocycles. The van der Waals surface area contributed by atoms with Crippen LogP contribution in [0.2, 0.25) is 0 Å². The van der Waals surface area contributed by atoms with Crippen LogP contribution in [0.15, 0.2) is 77.0 Å². The molecule has 0 atom stereocenters. The van der Waals surface area contributed by atoms with Gasteiger partial charge in [0.2, 0.25) is 10.0 Å². The predicted octanol–water partition coefficient (Wildman–Crippen LogP) is 6.20. The molecule has 0 saturated heterocycles. The van der Waals surface area contributed by atoms with Crippen molar-refractivity contribution in [3.05, 3.63) is 99.9 Å². The molecule has 0 radical (unpaired) electrons. The standard InChI is InChI=1S/C28H29N3O3S2/c1-5-31(17-22-9-7-6-8-10-22)36(33,34)24-13-11-23(12-14-24)27(32)30-28-29-25(18-35-28)26-20(3)15-19(2)16-21(26)4/h6-16,18H,5,17H2,1-4H3,(H,29,30,32). The molecule has 8 heteroatoms. The van der Waals surface area contributed by atoms with Crippen LogP contribution in [0.1, 0.15) is 39.5 Å². The molecular weight excluding hydrogens is 490 g/mol. The van der Waals surface area contributed by atoms with E-state index in [-0.39, 0.29) is 17.3 Å². The van der Waals surface area contributed by atoms with Crippen molar-refractivity contribution in [3.8, 4) is 11.3 Å². The van der Waals surface area contributed by atoms with Crippen molar-refractivity contribution >= 4 is 32.4 Å². The average molecular weight is 520 g/mol. The van der Waals surface area contributed by atoms with Crippen molar-refractivity contribution in [1.82, 2.24) is 9.29 Å². The molecular formula is C28H29N3O3S2. The Balaban J connectivity index is 1.48. The molecule has 0 saturated carbocycles. The Morgan fingerprint density at radius 1 is 0.972 bits per heavy atom. The molecule has 3 aromatic carbocycles. The van der Waals surface area contributed by atoms with Gasteiger partial charge in [0.05, 0.1) is 10.6 Å². The van der Waals surface area contributed by atoms with Crippen molar-refractivity contribution in [3.63, 3.8) is 0 Å². The first-order chi connectivity index (χ1) is 17.2. The Labute approximate surface area is 216 Å². The van der Waals surface area contributed by atoms with Gasteiger partial charge in [-0.1, -0.05) is 55.0 Å². The highest BCUT2D eigenvalue weighted by molar-refractivity contribution is 7.89. The number of sulfonamides is 1. The van der Waals surface area contributed by atoms with Crippen molar-refractivity contribution in [1.29, 1.82) is 0 Å². The lowest BCUT2D eigenvalue weighted by atomic mass is 9.98. The molecule has 36 heavy (non-hydrogen) atoms. The Bertz CT molecular complexity index is 1460. The Morgan fingerprint density at radius 3 is 2.22 bits per heavy atom. The van der Waals surface area contributed by atoms with Gasteiger partial charge in [0.1, 0.15) is 0 Å². The second-order valence-electron chi connectivity index (χ2n) is 8.71. The lowest BCUT2D eigenvalue weighted by Crippen LogP contribution is -2.30. The third-order valence-corrected chi connectivity index (χ3v) is 8.66. The lowest BCUT2D eigenvalue weighted by molar-refractivity contribution is 0.102. The number of nitrogens with zero attached hydrogens (tertiary/aromatic N) is 2. The fourth-order valence-corrected chi connectivity index (χ4v) is 6.41. The van der Waals surface area contributed by atoms with E-state index in [1.807, 2.05) is 42.6 Å². The molecule has 1 N–H and O–H groups in total. The number of anilines is 1. The van der Waals surface area contributed by atoms with E-state index in [1.54, 1.807) is 0 Å². The normalized spacial score (nSPS) is 11.6. The van der Waals surface area contributed by atoms with Crippen LogP contribution in [-0.2, 0) is 16.6 Å². The van der Waals surface area contributed by atoms with E-state index in [9.17, 15) is 13.2 Å². The number of thiazole rings is 1. The van der Waals surface area contributed by atoms with Gasteiger partial charge in [-0.25, -0.2) is 13.4 Å². The number of carbonyl (C=O) groups is 1. The number of hydrogen-bond donors (Lipinski definition) is 1. The van der Waals surface area contributed by atoms with Crippen LogP contribution in [-0.4, -0.2) is 30.2 Å². The van der Waals surface area contributed by atoms with Crippen LogP contribution in [0.5, 0.6) is 0 Å². The summed E-state index contributed by atoms with van der Waals surface area (Å²) in [7, 11) is -3.70. The lowest BCUT2D eigenvalue weighted by Gasteiger charge is -2.20. The minimum absolute atomic E-state index is 0.152. The molecule has 0 fully saturated rings. The monoisotopic (exact) mass is 519 g/mol. The first kappa shape index (κ1) is 25.8. The van der Waals surface area contributed by atoms with E-state index in [4.69, 9.17) is 0 Å². The largest absolute Gasteiger partial charge is 0.298 e. The number of amides is 1. The van der Waals surface area contributed by atoms with Gasteiger partial charge in [0.25, 0.3) is 5.91 Å². The molecule has 186 valence electrons. The van der Waals surface area contributed by atoms with Crippen LogP contribution >= 0.6 is 11.3 Å². The van der Waals surface area contributed by atoms with Crippen LogP contribution in [0.3, 0.4) is 0 Å². The summed E-state index contributed by atoms with van der Waals surface area (Å²) >= 11 is 1.36. The summed E-state index contributed by atoms with van der Waals surface area (Å²) in [5, 5.41) is 5.26. The zero-order valence-corrected chi connectivity index (χ0v) is 22.4. The fraction of sp³-hybridized carbons (Fsp3) is 0.214. The average Bonchev–Trinajstić information content (AvgIpc) is 3.30. The number of aromatic nitrogens is 1. The van der Waals surface area contributed by atoms with Crippen molar-refractivity contribution in [2.75, 3.05) is 11.9 Å². The maximum Gasteiger partial charge on any atom is 0.257 e. The van der Waals surface area contributed by atoms with Gasteiger partial charge in [-0.2, -0.15) is 4.31 Å². The van der Waals surface area contributed by atoms with Gasteiger partial charge < -0.3 is 0 Å². The maximum absolute atomic E-state index is 13.2. The Kier molecular flexibility index (Phi) is 7.68. The van der Waals surface area contributed by atoms with Gasteiger partial charge >= 0.3 is 0 Å². The molecule has 0 aliphatic heterocycles. The van der Waals surface area contributed by atoms with Gasteiger partial charge in [-0.3, -0.25) is 10.1 Å². The molecule has 0 spiro atoms. The number of rotatable bonds is 8. The van der Waals surface area contributed by atoms with Gasteiger partial charge in [-0.15, -0.1) is 11.3 Å². The van der Waals surface area contributed by atoms with Crippen molar-refractivity contribution < 1.29 is 13.2 Å². The maximum atomic E-state index is 13.2. The smallest absolute Gasteiger partial charge is 0.257 e. The summed E-state index contributed by atoms with van der Waals surface area (Å²) in [6, 6.07) is 19.7. The molecule has 4 rings (SSSR count). The van der Waals surface area contributed by atoms with Gasteiger partial charge in [0.15, 0.2) is 5.13 Å². The van der Waals surface area contributed by atoms with Gasteiger partial charge in [0, 0.05) is 29.6 Å². The zero-order valence-electron chi connectivity index (χ0n) is 20.8. The number of carbonyl (C=O) groups excluding carboxylic acids is 1. The van der Waals surface area contributed by atoms with Crippen LogP contribution in [0.4, 0.5) is 5.13 Å². The molecule has 0 unspecified atom stereocenters. The Morgan fingerprint density at radius 2 is 1.61 bits per heavy atom. The number of benzene rings is 3.